The third kappa shape index (κ3) is 2.71. The van der Waals surface area contributed by atoms with Gasteiger partial charge in [0.15, 0.2) is 5.65 Å². The van der Waals surface area contributed by atoms with Crippen molar-refractivity contribution in [3.63, 3.8) is 0 Å². The number of aromatic nitrogens is 3. The number of fused-ring (bicyclic) bond motifs is 1. The molecule has 3 rings (SSSR count). The van der Waals surface area contributed by atoms with Gasteiger partial charge in [0.2, 0.25) is 0 Å². The molecule has 3 aromatic rings. The summed E-state index contributed by atoms with van der Waals surface area (Å²) >= 11 is 0. The maximum absolute atomic E-state index is 12.4. The fraction of sp³-hybridized carbons (Fsp3) is 0.176. The van der Waals surface area contributed by atoms with E-state index < -0.39 is 17.3 Å². The number of carboxylic acid groups (broad SMARTS) is 1. The second kappa shape index (κ2) is 6.11. The van der Waals surface area contributed by atoms with Crippen molar-refractivity contribution in [2.45, 2.75) is 12.3 Å². The lowest BCUT2D eigenvalue weighted by molar-refractivity contribution is -0.142. The van der Waals surface area contributed by atoms with Crippen LogP contribution in [0.15, 0.2) is 55.0 Å². The number of nitrogens with zero attached hydrogens (tertiary/aromatic N) is 3. The van der Waals surface area contributed by atoms with Gasteiger partial charge in [0.1, 0.15) is 11.0 Å². The van der Waals surface area contributed by atoms with Crippen LogP contribution >= 0.6 is 0 Å². The van der Waals surface area contributed by atoms with E-state index in [0.717, 1.165) is 0 Å². The second-order valence-corrected chi connectivity index (χ2v) is 5.63. The van der Waals surface area contributed by atoms with Crippen LogP contribution in [0.5, 0.6) is 0 Å². The fourth-order valence-electron chi connectivity index (χ4n) is 2.45. The highest BCUT2D eigenvalue weighted by molar-refractivity contribution is 6.00. The van der Waals surface area contributed by atoms with Crippen molar-refractivity contribution in [1.82, 2.24) is 19.9 Å². The lowest BCUT2D eigenvalue weighted by Crippen LogP contribution is -2.44. The van der Waals surface area contributed by atoms with Gasteiger partial charge in [-0.15, -0.1) is 0 Å². The van der Waals surface area contributed by atoms with Crippen molar-refractivity contribution >= 4 is 17.5 Å². The summed E-state index contributed by atoms with van der Waals surface area (Å²) in [5, 5.41) is 16.4. The lowest BCUT2D eigenvalue weighted by atomic mass is 9.82. The molecule has 1 unspecified atom stereocenters. The van der Waals surface area contributed by atoms with Crippen LogP contribution < -0.4 is 5.32 Å². The van der Waals surface area contributed by atoms with Crippen molar-refractivity contribution in [1.29, 1.82) is 0 Å². The number of benzene rings is 1. The number of amides is 1. The molecule has 0 fully saturated rings. The third-order valence-corrected chi connectivity index (χ3v) is 4.01. The first-order chi connectivity index (χ1) is 11.5. The summed E-state index contributed by atoms with van der Waals surface area (Å²) in [4.78, 5) is 28.3. The van der Waals surface area contributed by atoms with Crippen LogP contribution in [-0.2, 0) is 10.2 Å². The number of hydrogen-bond donors (Lipinski definition) is 2. The highest BCUT2D eigenvalue weighted by Gasteiger charge is 2.35. The van der Waals surface area contributed by atoms with Crippen LogP contribution in [0.4, 0.5) is 0 Å². The van der Waals surface area contributed by atoms with Crippen LogP contribution in [0.3, 0.4) is 0 Å². The van der Waals surface area contributed by atoms with Crippen molar-refractivity contribution in [3.8, 4) is 0 Å². The Morgan fingerprint density at radius 1 is 1.25 bits per heavy atom. The Morgan fingerprint density at radius 2 is 2.00 bits per heavy atom. The predicted octanol–water partition coefficient (Wildman–Crippen LogP) is 1.50. The average Bonchev–Trinajstić information content (AvgIpc) is 3.04. The molecular weight excluding hydrogens is 308 g/mol. The summed E-state index contributed by atoms with van der Waals surface area (Å²) in [5.74, 6) is -1.42. The quantitative estimate of drug-likeness (QED) is 0.741. The van der Waals surface area contributed by atoms with Crippen molar-refractivity contribution in [2.24, 2.45) is 0 Å². The van der Waals surface area contributed by atoms with Gasteiger partial charge in [0, 0.05) is 18.9 Å². The van der Waals surface area contributed by atoms with Gasteiger partial charge in [0.25, 0.3) is 5.91 Å². The standard InChI is InChI=1S/C17H16N4O3/c1-17(16(23)24,12-6-3-2-4-7-12)11-19-15(22)13-10-20-21-9-5-8-18-14(13)21/h2-10H,11H2,1H3,(H,19,22)(H,23,24). The minimum Gasteiger partial charge on any atom is -0.481 e. The third-order valence-electron chi connectivity index (χ3n) is 4.01. The van der Waals surface area contributed by atoms with Gasteiger partial charge >= 0.3 is 5.97 Å². The maximum atomic E-state index is 12.4. The Labute approximate surface area is 138 Å². The van der Waals surface area contributed by atoms with E-state index in [1.54, 1.807) is 49.6 Å². The summed E-state index contributed by atoms with van der Waals surface area (Å²) in [6, 6.07) is 10.5. The average molecular weight is 324 g/mol. The van der Waals surface area contributed by atoms with E-state index >= 15 is 0 Å². The molecule has 2 aromatic heterocycles. The highest BCUT2D eigenvalue weighted by atomic mass is 16.4. The number of nitrogens with one attached hydrogen (secondary N) is 1. The molecule has 0 spiro atoms. The first-order valence-corrected chi connectivity index (χ1v) is 7.38. The Balaban J connectivity index is 1.83. The lowest BCUT2D eigenvalue weighted by Gasteiger charge is -2.25. The Kier molecular flexibility index (Phi) is 3.99. The zero-order valence-corrected chi connectivity index (χ0v) is 13.0. The smallest absolute Gasteiger partial charge is 0.315 e. The number of carboxylic acids is 1. The van der Waals surface area contributed by atoms with Crippen LogP contribution in [0.25, 0.3) is 5.65 Å². The molecule has 122 valence electrons. The molecule has 1 atom stereocenters. The van der Waals surface area contributed by atoms with E-state index in [0.29, 0.717) is 16.8 Å². The van der Waals surface area contributed by atoms with Gasteiger partial charge in [-0.25, -0.2) is 9.50 Å². The van der Waals surface area contributed by atoms with Gasteiger partial charge in [0.05, 0.1) is 6.20 Å². The van der Waals surface area contributed by atoms with Crippen LogP contribution in [0, 0.1) is 0 Å². The monoisotopic (exact) mass is 324 g/mol. The molecule has 2 heterocycles. The molecule has 1 amide bonds. The number of carbonyl (C=O) groups is 2. The van der Waals surface area contributed by atoms with Crippen LogP contribution in [0.1, 0.15) is 22.8 Å². The first-order valence-electron chi connectivity index (χ1n) is 7.38. The highest BCUT2D eigenvalue weighted by Crippen LogP contribution is 2.23. The van der Waals surface area contributed by atoms with E-state index in [1.807, 2.05) is 6.07 Å². The minimum atomic E-state index is -1.23. The van der Waals surface area contributed by atoms with E-state index in [2.05, 4.69) is 15.4 Å². The molecule has 0 aliphatic carbocycles. The number of rotatable bonds is 5. The van der Waals surface area contributed by atoms with Crippen molar-refractivity contribution < 1.29 is 14.7 Å². The molecule has 0 aliphatic rings. The molecule has 0 radical (unpaired) electrons. The van der Waals surface area contributed by atoms with Gasteiger partial charge in [-0.3, -0.25) is 9.59 Å². The summed E-state index contributed by atoms with van der Waals surface area (Å²) in [6.45, 7) is 1.54. The normalized spacial score (nSPS) is 13.4. The van der Waals surface area contributed by atoms with Crippen molar-refractivity contribution in [3.05, 3.63) is 66.1 Å². The predicted molar refractivity (Wildman–Crippen MR) is 86.8 cm³/mol. The van der Waals surface area contributed by atoms with Gasteiger partial charge in [-0.2, -0.15) is 5.10 Å². The summed E-state index contributed by atoms with van der Waals surface area (Å²) in [6.07, 6.45) is 4.67. The second-order valence-electron chi connectivity index (χ2n) is 5.63. The summed E-state index contributed by atoms with van der Waals surface area (Å²) < 4.78 is 1.49. The molecule has 1 aromatic carbocycles. The zero-order chi connectivity index (χ0) is 17.2. The number of hydrogen-bond acceptors (Lipinski definition) is 4. The Hall–Kier alpha value is -3.22. The Bertz CT molecular complexity index is 891. The molecule has 7 nitrogen and oxygen atoms in total. The molecule has 0 saturated heterocycles. The molecule has 24 heavy (non-hydrogen) atoms. The summed E-state index contributed by atoms with van der Waals surface area (Å²) in [7, 11) is 0. The van der Waals surface area contributed by atoms with E-state index in [-0.39, 0.29) is 6.54 Å². The fourth-order valence-corrected chi connectivity index (χ4v) is 2.45. The minimum absolute atomic E-state index is 0.0463. The number of carbonyl (C=O) groups excluding carboxylic acids is 1. The van der Waals surface area contributed by atoms with Gasteiger partial charge < -0.3 is 10.4 Å². The molecule has 2 N–H and O–H groups in total. The zero-order valence-electron chi connectivity index (χ0n) is 13.0. The largest absolute Gasteiger partial charge is 0.481 e. The van der Waals surface area contributed by atoms with Gasteiger partial charge in [-0.05, 0) is 18.6 Å². The molecule has 7 heteroatoms. The van der Waals surface area contributed by atoms with Gasteiger partial charge in [-0.1, -0.05) is 30.3 Å². The molecule has 0 aliphatic heterocycles. The first kappa shape index (κ1) is 15.7. The van der Waals surface area contributed by atoms with E-state index in [9.17, 15) is 14.7 Å². The number of aliphatic carboxylic acids is 1. The molecule has 0 saturated carbocycles. The maximum Gasteiger partial charge on any atom is 0.315 e. The molecular formula is C17H16N4O3. The van der Waals surface area contributed by atoms with E-state index in [4.69, 9.17) is 0 Å². The molecule has 0 bridgehead atoms. The SMILES string of the molecule is CC(CNC(=O)c1cnn2cccnc12)(C(=O)O)c1ccccc1. The van der Waals surface area contributed by atoms with Crippen LogP contribution in [0.2, 0.25) is 0 Å². The Morgan fingerprint density at radius 3 is 2.71 bits per heavy atom. The van der Waals surface area contributed by atoms with E-state index in [1.165, 1.54) is 10.7 Å². The van der Waals surface area contributed by atoms with Crippen LogP contribution in [-0.4, -0.2) is 38.1 Å². The topological polar surface area (TPSA) is 96.6 Å². The van der Waals surface area contributed by atoms with Crippen molar-refractivity contribution in [2.75, 3.05) is 6.54 Å². The summed E-state index contributed by atoms with van der Waals surface area (Å²) in [5.41, 5.74) is 0.117.